The average Bonchev–Trinajstić information content (AvgIpc) is 2.98. The Hall–Kier alpha value is -3.01. The van der Waals surface area contributed by atoms with Crippen molar-refractivity contribution in [2.45, 2.75) is 20.0 Å². The molecular weight excluding hydrogens is 326 g/mol. The van der Waals surface area contributed by atoms with Crippen molar-refractivity contribution in [3.05, 3.63) is 77.4 Å². The maximum absolute atomic E-state index is 9.61. The van der Waals surface area contributed by atoms with Crippen molar-refractivity contribution >= 4 is 0 Å². The Balaban J connectivity index is 1.95. The van der Waals surface area contributed by atoms with E-state index in [4.69, 9.17) is 0 Å². The number of benzene rings is 1. The summed E-state index contributed by atoms with van der Waals surface area (Å²) < 4.78 is 1.82. The molecule has 0 spiro atoms. The second-order valence-corrected chi connectivity index (χ2v) is 6.06. The number of rotatable bonds is 7. The Bertz CT molecular complexity index is 884. The predicted molar refractivity (Wildman–Crippen MR) is 98.5 cm³/mol. The third-order valence-electron chi connectivity index (χ3n) is 4.19. The molecule has 0 atom stereocenters. The Morgan fingerprint density at radius 3 is 2.62 bits per heavy atom. The van der Waals surface area contributed by atoms with Gasteiger partial charge in [-0.3, -0.25) is 9.88 Å². The maximum Gasteiger partial charge on any atom is 0.103 e. The van der Waals surface area contributed by atoms with Crippen LogP contribution in [0.5, 0.6) is 0 Å². The number of nitriles is 1. The van der Waals surface area contributed by atoms with Gasteiger partial charge in [-0.05, 0) is 30.7 Å². The molecular formula is C20H21N5O. The molecule has 0 aliphatic heterocycles. The van der Waals surface area contributed by atoms with Crippen LogP contribution in [0.3, 0.4) is 0 Å². The first-order valence-electron chi connectivity index (χ1n) is 8.49. The number of hydrogen-bond donors (Lipinski definition) is 1. The molecule has 0 aliphatic rings. The number of aryl methyl sites for hydroxylation is 1. The summed E-state index contributed by atoms with van der Waals surface area (Å²) in [5.41, 5.74) is 4.09. The minimum Gasteiger partial charge on any atom is -0.395 e. The number of para-hydroxylation sites is 1. The van der Waals surface area contributed by atoms with Gasteiger partial charge in [0, 0.05) is 32.0 Å². The van der Waals surface area contributed by atoms with Gasteiger partial charge in [0.2, 0.25) is 0 Å². The van der Waals surface area contributed by atoms with Gasteiger partial charge in [0.05, 0.1) is 29.2 Å². The molecule has 1 N–H and O–H groups in total. The van der Waals surface area contributed by atoms with Gasteiger partial charge in [-0.25, -0.2) is 4.68 Å². The fourth-order valence-electron chi connectivity index (χ4n) is 2.97. The third-order valence-corrected chi connectivity index (χ3v) is 4.19. The highest BCUT2D eigenvalue weighted by molar-refractivity contribution is 5.43. The van der Waals surface area contributed by atoms with E-state index in [0.29, 0.717) is 30.9 Å². The molecule has 0 fully saturated rings. The summed E-state index contributed by atoms with van der Waals surface area (Å²) in [6.07, 6.45) is 3.55. The number of aliphatic hydroxyl groups excluding tert-OH is 1. The van der Waals surface area contributed by atoms with E-state index in [1.807, 2.05) is 60.3 Å². The van der Waals surface area contributed by atoms with E-state index in [-0.39, 0.29) is 6.61 Å². The summed E-state index contributed by atoms with van der Waals surface area (Å²) in [5, 5.41) is 23.6. The monoisotopic (exact) mass is 347 g/mol. The second kappa shape index (κ2) is 8.39. The first-order chi connectivity index (χ1) is 12.7. The minimum atomic E-state index is 0.0423. The topological polar surface area (TPSA) is 78.0 Å². The smallest absolute Gasteiger partial charge is 0.103 e. The molecule has 0 radical (unpaired) electrons. The molecule has 0 unspecified atom stereocenters. The first-order valence-corrected chi connectivity index (χ1v) is 8.49. The van der Waals surface area contributed by atoms with Crippen LogP contribution in [0.2, 0.25) is 0 Å². The number of aromatic nitrogens is 3. The first kappa shape index (κ1) is 17.8. The van der Waals surface area contributed by atoms with Crippen molar-refractivity contribution in [1.29, 1.82) is 5.26 Å². The van der Waals surface area contributed by atoms with Crippen LogP contribution in [-0.4, -0.2) is 37.9 Å². The Morgan fingerprint density at radius 2 is 1.96 bits per heavy atom. The van der Waals surface area contributed by atoms with Gasteiger partial charge in [-0.15, -0.1) is 0 Å². The van der Waals surface area contributed by atoms with Crippen molar-refractivity contribution in [2.24, 2.45) is 0 Å². The van der Waals surface area contributed by atoms with Crippen LogP contribution < -0.4 is 0 Å². The average molecular weight is 347 g/mol. The molecule has 132 valence electrons. The van der Waals surface area contributed by atoms with Crippen molar-refractivity contribution < 1.29 is 5.11 Å². The molecule has 6 heteroatoms. The number of hydrogen-bond acceptors (Lipinski definition) is 5. The number of nitrogens with zero attached hydrogens (tertiary/aromatic N) is 5. The van der Waals surface area contributed by atoms with Crippen LogP contribution in [0.1, 0.15) is 22.5 Å². The molecule has 1 aromatic carbocycles. The van der Waals surface area contributed by atoms with Gasteiger partial charge < -0.3 is 5.11 Å². The zero-order chi connectivity index (χ0) is 18.4. The Labute approximate surface area is 153 Å². The summed E-state index contributed by atoms with van der Waals surface area (Å²) in [7, 11) is 0. The number of pyridine rings is 1. The molecule has 6 nitrogen and oxygen atoms in total. The van der Waals surface area contributed by atoms with Gasteiger partial charge in [-0.1, -0.05) is 24.3 Å². The van der Waals surface area contributed by atoms with E-state index in [0.717, 1.165) is 16.9 Å². The molecule has 0 saturated carbocycles. The predicted octanol–water partition coefficient (Wildman–Crippen LogP) is 2.44. The van der Waals surface area contributed by atoms with E-state index in [9.17, 15) is 10.4 Å². The van der Waals surface area contributed by atoms with Gasteiger partial charge >= 0.3 is 0 Å². The Morgan fingerprint density at radius 1 is 1.15 bits per heavy atom. The SMILES string of the molecule is Cc1nn(-c2ccccc2)c(CN(CCO)Cc2cccnc2)c1C#N. The minimum absolute atomic E-state index is 0.0423. The maximum atomic E-state index is 9.61. The second-order valence-electron chi connectivity index (χ2n) is 6.06. The molecule has 2 heterocycles. The van der Waals surface area contributed by atoms with E-state index in [1.165, 1.54) is 0 Å². The zero-order valence-electron chi connectivity index (χ0n) is 14.7. The molecule has 0 amide bonds. The lowest BCUT2D eigenvalue weighted by Gasteiger charge is -2.22. The highest BCUT2D eigenvalue weighted by Gasteiger charge is 2.19. The van der Waals surface area contributed by atoms with E-state index < -0.39 is 0 Å². The lowest BCUT2D eigenvalue weighted by Crippen LogP contribution is -2.27. The van der Waals surface area contributed by atoms with Crippen LogP contribution in [0, 0.1) is 18.3 Å². The molecule has 0 aliphatic carbocycles. The zero-order valence-corrected chi connectivity index (χ0v) is 14.7. The summed E-state index contributed by atoms with van der Waals surface area (Å²) in [4.78, 5) is 6.24. The Kier molecular flexibility index (Phi) is 5.74. The molecule has 3 aromatic rings. The van der Waals surface area contributed by atoms with Gasteiger partial charge in [0.15, 0.2) is 0 Å². The molecule has 0 saturated heterocycles. The fourth-order valence-corrected chi connectivity index (χ4v) is 2.97. The van der Waals surface area contributed by atoms with Gasteiger partial charge in [0.25, 0.3) is 0 Å². The van der Waals surface area contributed by atoms with Crippen molar-refractivity contribution in [3.8, 4) is 11.8 Å². The normalized spacial score (nSPS) is 10.8. The lowest BCUT2D eigenvalue weighted by atomic mass is 10.1. The van der Waals surface area contributed by atoms with Crippen LogP contribution in [0.4, 0.5) is 0 Å². The highest BCUT2D eigenvalue weighted by Crippen LogP contribution is 2.20. The van der Waals surface area contributed by atoms with Crippen molar-refractivity contribution in [2.75, 3.05) is 13.2 Å². The van der Waals surface area contributed by atoms with Gasteiger partial charge in [-0.2, -0.15) is 10.4 Å². The largest absolute Gasteiger partial charge is 0.395 e. The van der Waals surface area contributed by atoms with Gasteiger partial charge in [0.1, 0.15) is 6.07 Å². The quantitative estimate of drug-likeness (QED) is 0.710. The van der Waals surface area contributed by atoms with Crippen molar-refractivity contribution in [3.63, 3.8) is 0 Å². The van der Waals surface area contributed by atoms with Crippen molar-refractivity contribution in [1.82, 2.24) is 19.7 Å². The van der Waals surface area contributed by atoms with Crippen LogP contribution in [-0.2, 0) is 13.1 Å². The number of aliphatic hydroxyl groups is 1. The van der Waals surface area contributed by atoms with E-state index in [2.05, 4.69) is 21.1 Å². The highest BCUT2D eigenvalue weighted by atomic mass is 16.3. The molecule has 2 aromatic heterocycles. The lowest BCUT2D eigenvalue weighted by molar-refractivity contribution is 0.181. The molecule has 3 rings (SSSR count). The van der Waals surface area contributed by atoms with E-state index >= 15 is 0 Å². The van der Waals surface area contributed by atoms with Crippen LogP contribution >= 0.6 is 0 Å². The third kappa shape index (κ3) is 3.97. The summed E-state index contributed by atoms with van der Waals surface area (Å²) in [5.74, 6) is 0. The summed E-state index contributed by atoms with van der Waals surface area (Å²) >= 11 is 0. The molecule has 0 bridgehead atoms. The standard InChI is InChI=1S/C20H21N5O/c1-16-19(12-21)20(25(23-16)18-7-3-2-4-8-18)15-24(10-11-26)14-17-6-5-9-22-13-17/h2-9,13,26H,10-11,14-15H2,1H3. The van der Waals surface area contributed by atoms with E-state index in [1.54, 1.807) is 6.20 Å². The molecule has 26 heavy (non-hydrogen) atoms. The fraction of sp³-hybridized carbons (Fsp3) is 0.250. The van der Waals surface area contributed by atoms with Crippen LogP contribution in [0.15, 0.2) is 54.9 Å². The summed E-state index contributed by atoms with van der Waals surface area (Å²) in [6, 6.07) is 16.0. The van der Waals surface area contributed by atoms with Crippen LogP contribution in [0.25, 0.3) is 5.69 Å². The summed E-state index contributed by atoms with van der Waals surface area (Å²) in [6.45, 7) is 3.53.